The number of sulfone groups is 1. The van der Waals surface area contributed by atoms with Crippen LogP contribution in [0.4, 0.5) is 0 Å². The zero-order valence-corrected chi connectivity index (χ0v) is 18.5. The van der Waals surface area contributed by atoms with Crippen LogP contribution in [0.15, 0.2) is 77.7 Å². The van der Waals surface area contributed by atoms with E-state index in [1.807, 2.05) is 0 Å². The highest BCUT2D eigenvalue weighted by atomic mass is 32.2. The molecule has 0 saturated carbocycles. The Hall–Kier alpha value is -3.65. The number of rotatable bonds is 8. The number of hydrogen-bond donors (Lipinski definition) is 1. The first-order valence-corrected chi connectivity index (χ1v) is 11.4. The first-order chi connectivity index (χ1) is 15.3. The predicted molar refractivity (Wildman–Crippen MR) is 119 cm³/mol. The number of benzene rings is 3. The summed E-state index contributed by atoms with van der Waals surface area (Å²) in [5, 5.41) is 2.78. The monoisotopic (exact) mass is 453 g/mol. The Bertz CT molecular complexity index is 1220. The molecule has 0 radical (unpaired) electrons. The van der Waals surface area contributed by atoms with E-state index in [1.165, 1.54) is 14.2 Å². The summed E-state index contributed by atoms with van der Waals surface area (Å²) in [6.07, 6.45) is 0. The van der Waals surface area contributed by atoms with Crippen LogP contribution in [0, 0.1) is 0 Å². The molecule has 0 spiro atoms. The van der Waals surface area contributed by atoms with Crippen molar-refractivity contribution in [3.05, 3.63) is 95.1 Å². The van der Waals surface area contributed by atoms with Crippen molar-refractivity contribution in [1.29, 1.82) is 0 Å². The zero-order valence-electron chi connectivity index (χ0n) is 17.7. The molecule has 0 heterocycles. The molecule has 166 valence electrons. The SMILES string of the molecule is COC(=O)c1cc(CNC(=O)c2cccc(CS(=O)(=O)c3ccccc3)c2)ccc1OC. The van der Waals surface area contributed by atoms with Gasteiger partial charge in [-0.3, -0.25) is 4.79 Å². The Morgan fingerprint density at radius 1 is 0.875 bits per heavy atom. The summed E-state index contributed by atoms with van der Waals surface area (Å²) in [7, 11) is -0.789. The predicted octanol–water partition coefficient (Wildman–Crippen LogP) is 3.39. The van der Waals surface area contributed by atoms with Gasteiger partial charge < -0.3 is 14.8 Å². The van der Waals surface area contributed by atoms with Crippen LogP contribution in [0.5, 0.6) is 5.75 Å². The normalized spacial score (nSPS) is 10.9. The maximum atomic E-state index is 12.6. The Balaban J connectivity index is 1.71. The molecule has 3 aromatic rings. The number of carbonyl (C=O) groups excluding carboxylic acids is 2. The van der Waals surface area contributed by atoms with Crippen molar-refractivity contribution in [3.8, 4) is 5.75 Å². The first-order valence-electron chi connectivity index (χ1n) is 9.74. The fourth-order valence-corrected chi connectivity index (χ4v) is 4.51. The number of esters is 1. The highest BCUT2D eigenvalue weighted by Crippen LogP contribution is 2.21. The molecular weight excluding hydrogens is 430 g/mol. The van der Waals surface area contributed by atoms with Crippen LogP contribution in [-0.4, -0.2) is 34.5 Å². The second-order valence-electron chi connectivity index (χ2n) is 6.98. The van der Waals surface area contributed by atoms with E-state index < -0.39 is 15.8 Å². The minimum Gasteiger partial charge on any atom is -0.496 e. The molecule has 3 aromatic carbocycles. The van der Waals surface area contributed by atoms with E-state index in [0.29, 0.717) is 22.4 Å². The van der Waals surface area contributed by atoms with Gasteiger partial charge >= 0.3 is 5.97 Å². The fourth-order valence-electron chi connectivity index (χ4n) is 3.15. The van der Waals surface area contributed by atoms with Gasteiger partial charge in [0.2, 0.25) is 0 Å². The maximum Gasteiger partial charge on any atom is 0.341 e. The lowest BCUT2D eigenvalue weighted by Gasteiger charge is -2.11. The van der Waals surface area contributed by atoms with Gasteiger partial charge in [0.15, 0.2) is 9.84 Å². The fraction of sp³-hybridized carbons (Fsp3) is 0.167. The molecule has 1 N–H and O–H groups in total. The van der Waals surface area contributed by atoms with E-state index >= 15 is 0 Å². The third-order valence-corrected chi connectivity index (χ3v) is 6.47. The average Bonchev–Trinajstić information content (AvgIpc) is 2.82. The largest absolute Gasteiger partial charge is 0.496 e. The second kappa shape index (κ2) is 10.1. The average molecular weight is 454 g/mol. The van der Waals surface area contributed by atoms with E-state index in [9.17, 15) is 18.0 Å². The molecule has 3 rings (SSSR count). The van der Waals surface area contributed by atoms with Crippen LogP contribution in [0.3, 0.4) is 0 Å². The molecular formula is C24H23NO6S. The molecule has 0 bridgehead atoms. The van der Waals surface area contributed by atoms with Crippen molar-refractivity contribution >= 4 is 21.7 Å². The van der Waals surface area contributed by atoms with E-state index in [4.69, 9.17) is 9.47 Å². The summed E-state index contributed by atoms with van der Waals surface area (Å²) in [4.78, 5) is 24.8. The quantitative estimate of drug-likeness (QED) is 0.525. The molecule has 0 saturated heterocycles. The lowest BCUT2D eigenvalue weighted by atomic mass is 10.1. The minimum atomic E-state index is -3.52. The van der Waals surface area contributed by atoms with Crippen molar-refractivity contribution in [2.45, 2.75) is 17.2 Å². The van der Waals surface area contributed by atoms with Gasteiger partial charge in [-0.1, -0.05) is 36.4 Å². The van der Waals surface area contributed by atoms with Gasteiger partial charge in [0, 0.05) is 12.1 Å². The Morgan fingerprint density at radius 3 is 2.31 bits per heavy atom. The molecule has 0 aliphatic carbocycles. The molecule has 0 fully saturated rings. The van der Waals surface area contributed by atoms with Crippen LogP contribution in [-0.2, 0) is 26.9 Å². The zero-order chi connectivity index (χ0) is 23.1. The summed E-state index contributed by atoms with van der Waals surface area (Å²) in [6, 6.07) is 19.6. The molecule has 32 heavy (non-hydrogen) atoms. The molecule has 7 nitrogen and oxygen atoms in total. The highest BCUT2D eigenvalue weighted by Gasteiger charge is 2.17. The molecule has 0 aliphatic heterocycles. The van der Waals surface area contributed by atoms with E-state index in [0.717, 1.165) is 0 Å². The molecule has 1 amide bonds. The Labute approximate surface area is 186 Å². The van der Waals surface area contributed by atoms with Crippen LogP contribution in [0.2, 0.25) is 0 Å². The minimum absolute atomic E-state index is 0.166. The standard InChI is InChI=1S/C24H23NO6S/c1-30-22-12-11-17(14-21(22)24(27)31-2)15-25-23(26)19-8-6-7-18(13-19)16-32(28,29)20-9-4-3-5-10-20/h3-14H,15-16H2,1-2H3,(H,25,26). The van der Waals surface area contributed by atoms with Crippen LogP contribution in [0.25, 0.3) is 0 Å². The van der Waals surface area contributed by atoms with Gasteiger partial charge in [-0.15, -0.1) is 0 Å². The van der Waals surface area contributed by atoms with E-state index in [2.05, 4.69) is 5.32 Å². The third-order valence-electron chi connectivity index (χ3n) is 4.77. The summed E-state index contributed by atoms with van der Waals surface area (Å²) in [5.41, 5.74) is 1.80. The van der Waals surface area contributed by atoms with Gasteiger partial charge in [0.05, 0.1) is 24.9 Å². The molecule has 0 unspecified atom stereocenters. The van der Waals surface area contributed by atoms with Crippen LogP contribution >= 0.6 is 0 Å². The molecule has 0 aromatic heterocycles. The van der Waals surface area contributed by atoms with E-state index in [-0.39, 0.29) is 28.7 Å². The molecule has 0 aliphatic rings. The Kier molecular flexibility index (Phi) is 7.27. The van der Waals surface area contributed by atoms with Crippen molar-refractivity contribution in [2.24, 2.45) is 0 Å². The van der Waals surface area contributed by atoms with Gasteiger partial charge in [-0.2, -0.15) is 0 Å². The van der Waals surface area contributed by atoms with Crippen LogP contribution < -0.4 is 10.1 Å². The van der Waals surface area contributed by atoms with Gasteiger partial charge in [-0.05, 0) is 47.5 Å². The summed E-state index contributed by atoms with van der Waals surface area (Å²) in [5.74, 6) is -0.736. The van der Waals surface area contributed by atoms with Gasteiger partial charge in [0.1, 0.15) is 11.3 Å². The number of amides is 1. The van der Waals surface area contributed by atoms with Crippen LogP contribution in [0.1, 0.15) is 31.8 Å². The van der Waals surface area contributed by atoms with Crippen molar-refractivity contribution in [2.75, 3.05) is 14.2 Å². The Morgan fingerprint density at radius 2 is 1.62 bits per heavy atom. The smallest absolute Gasteiger partial charge is 0.341 e. The second-order valence-corrected chi connectivity index (χ2v) is 8.97. The number of methoxy groups -OCH3 is 2. The number of nitrogens with one attached hydrogen (secondary N) is 1. The van der Waals surface area contributed by atoms with Crippen molar-refractivity contribution < 1.29 is 27.5 Å². The first kappa shape index (κ1) is 23.0. The highest BCUT2D eigenvalue weighted by molar-refractivity contribution is 7.90. The summed E-state index contributed by atoms with van der Waals surface area (Å²) in [6.45, 7) is 0.166. The van der Waals surface area contributed by atoms with Crippen molar-refractivity contribution in [3.63, 3.8) is 0 Å². The summed E-state index contributed by atoms with van der Waals surface area (Å²) < 4.78 is 35.1. The topological polar surface area (TPSA) is 98.8 Å². The summed E-state index contributed by atoms with van der Waals surface area (Å²) >= 11 is 0. The number of carbonyl (C=O) groups is 2. The van der Waals surface area contributed by atoms with Crippen molar-refractivity contribution in [1.82, 2.24) is 5.32 Å². The lowest BCUT2D eigenvalue weighted by Crippen LogP contribution is -2.23. The van der Waals surface area contributed by atoms with E-state index in [1.54, 1.807) is 72.8 Å². The molecule has 0 atom stereocenters. The number of hydrogen-bond acceptors (Lipinski definition) is 6. The maximum absolute atomic E-state index is 12.6. The number of ether oxygens (including phenoxy) is 2. The van der Waals surface area contributed by atoms with Gasteiger partial charge in [-0.25, -0.2) is 13.2 Å². The third kappa shape index (κ3) is 5.53. The lowest BCUT2D eigenvalue weighted by molar-refractivity contribution is 0.0597. The van der Waals surface area contributed by atoms with Gasteiger partial charge in [0.25, 0.3) is 5.91 Å². The molecule has 8 heteroatoms.